The van der Waals surface area contributed by atoms with Gasteiger partial charge in [-0.2, -0.15) is 0 Å². The largest absolute Gasteiger partial charge is 0.479 e. The molecule has 1 atom stereocenters. The van der Waals surface area contributed by atoms with Crippen molar-refractivity contribution in [3.05, 3.63) is 50.9 Å². The Kier molecular flexibility index (Phi) is 4.07. The highest BCUT2D eigenvalue weighted by Gasteiger charge is 2.24. The molecule has 1 aliphatic rings. The fraction of sp³-hybridized carbons (Fsp3) is 0.263. The van der Waals surface area contributed by atoms with Crippen molar-refractivity contribution >= 4 is 38.9 Å². The Labute approximate surface area is 158 Å². The lowest BCUT2D eigenvalue weighted by Crippen LogP contribution is -2.34. The summed E-state index contributed by atoms with van der Waals surface area (Å²) in [5, 5.41) is 3.28. The van der Waals surface area contributed by atoms with Crippen molar-refractivity contribution in [1.29, 1.82) is 0 Å². The zero-order chi connectivity index (χ0) is 19.3. The van der Waals surface area contributed by atoms with Crippen LogP contribution in [0, 0.1) is 13.8 Å². The molecule has 27 heavy (non-hydrogen) atoms. The Balaban J connectivity index is 1.65. The summed E-state index contributed by atoms with van der Waals surface area (Å²) < 4.78 is 6.81. The van der Waals surface area contributed by atoms with Crippen LogP contribution in [0.2, 0.25) is 0 Å². The van der Waals surface area contributed by atoms with Crippen molar-refractivity contribution in [2.24, 2.45) is 0 Å². The molecule has 0 bridgehead atoms. The number of nitrogens with zero attached hydrogens (tertiary/aromatic N) is 2. The number of carbonyl (C=O) groups is 2. The SMILES string of the molecule is Cc1sc2ncn(CC(=O)c3ccc4c(c3)NC(=O)C(C)O4)c(=O)c2c1C. The number of aromatic nitrogens is 2. The molecule has 4 rings (SSSR count). The summed E-state index contributed by atoms with van der Waals surface area (Å²) in [6.45, 7) is 5.36. The number of benzene rings is 1. The van der Waals surface area contributed by atoms with Gasteiger partial charge in [-0.25, -0.2) is 4.98 Å². The van der Waals surface area contributed by atoms with E-state index in [4.69, 9.17) is 4.74 Å². The summed E-state index contributed by atoms with van der Waals surface area (Å²) in [5.41, 5.74) is 1.52. The number of hydrogen-bond donors (Lipinski definition) is 1. The van der Waals surface area contributed by atoms with E-state index < -0.39 is 6.10 Å². The zero-order valence-electron chi connectivity index (χ0n) is 15.0. The first-order valence-corrected chi connectivity index (χ1v) is 9.26. The molecule has 7 nitrogen and oxygen atoms in total. The summed E-state index contributed by atoms with van der Waals surface area (Å²) in [7, 11) is 0. The van der Waals surface area contributed by atoms with Crippen LogP contribution in [0.25, 0.3) is 10.2 Å². The molecule has 138 valence electrons. The summed E-state index contributed by atoms with van der Waals surface area (Å²) in [6.07, 6.45) is 0.830. The van der Waals surface area contributed by atoms with E-state index in [9.17, 15) is 14.4 Å². The summed E-state index contributed by atoms with van der Waals surface area (Å²) in [5.74, 6) is 0.00285. The quantitative estimate of drug-likeness (QED) is 0.702. The lowest BCUT2D eigenvalue weighted by Gasteiger charge is -2.23. The standard InChI is InChI=1S/C19H17N3O4S/c1-9-11(3)27-18-16(9)19(25)22(8-20-18)7-14(23)12-4-5-15-13(6-12)21-17(24)10(2)26-15/h4-6,8,10H,7H2,1-3H3,(H,21,24). The summed E-state index contributed by atoms with van der Waals surface area (Å²) in [6, 6.07) is 4.84. The van der Waals surface area contributed by atoms with Gasteiger partial charge in [0.1, 0.15) is 10.6 Å². The average molecular weight is 383 g/mol. The molecule has 1 unspecified atom stereocenters. The third-order valence-electron chi connectivity index (χ3n) is 4.70. The first-order chi connectivity index (χ1) is 12.8. The first kappa shape index (κ1) is 17.4. The molecule has 0 fully saturated rings. The second-order valence-corrected chi connectivity index (χ2v) is 7.73. The highest BCUT2D eigenvalue weighted by Crippen LogP contribution is 2.30. The molecule has 1 amide bonds. The number of fused-ring (bicyclic) bond motifs is 2. The minimum absolute atomic E-state index is 0.125. The minimum Gasteiger partial charge on any atom is -0.479 e. The fourth-order valence-electron chi connectivity index (χ4n) is 3.01. The number of anilines is 1. The van der Waals surface area contributed by atoms with Gasteiger partial charge in [-0.05, 0) is 44.5 Å². The maximum absolute atomic E-state index is 12.7. The molecular weight excluding hydrogens is 366 g/mol. The molecule has 0 aliphatic carbocycles. The normalized spacial score (nSPS) is 16.0. The van der Waals surface area contributed by atoms with E-state index in [0.29, 0.717) is 27.2 Å². The number of amides is 1. The maximum atomic E-state index is 12.7. The van der Waals surface area contributed by atoms with Gasteiger partial charge in [0.05, 0.1) is 23.9 Å². The van der Waals surface area contributed by atoms with Crippen LogP contribution in [0.1, 0.15) is 27.7 Å². The number of rotatable bonds is 3. The van der Waals surface area contributed by atoms with E-state index in [-0.39, 0.29) is 23.8 Å². The zero-order valence-corrected chi connectivity index (χ0v) is 15.8. The van der Waals surface area contributed by atoms with Crippen LogP contribution in [0.15, 0.2) is 29.3 Å². The number of nitrogens with one attached hydrogen (secondary N) is 1. The second kappa shape index (κ2) is 6.31. The van der Waals surface area contributed by atoms with E-state index in [1.165, 1.54) is 22.2 Å². The van der Waals surface area contributed by atoms with Crippen LogP contribution in [0.4, 0.5) is 5.69 Å². The molecule has 1 aromatic carbocycles. The van der Waals surface area contributed by atoms with Gasteiger partial charge < -0.3 is 10.1 Å². The Hall–Kier alpha value is -3.00. The summed E-state index contributed by atoms with van der Waals surface area (Å²) >= 11 is 1.47. The van der Waals surface area contributed by atoms with Gasteiger partial charge >= 0.3 is 0 Å². The molecule has 1 N–H and O–H groups in total. The predicted octanol–water partition coefficient (Wildman–Crippen LogP) is 2.68. The second-order valence-electron chi connectivity index (χ2n) is 6.52. The molecule has 3 aromatic rings. The van der Waals surface area contributed by atoms with Crippen molar-refractivity contribution in [3.63, 3.8) is 0 Å². The van der Waals surface area contributed by atoms with Crippen molar-refractivity contribution in [3.8, 4) is 5.75 Å². The number of Topliss-reactive ketones (excluding diaryl/α,β-unsaturated/α-hetero) is 1. The molecule has 2 aromatic heterocycles. The van der Waals surface area contributed by atoms with Crippen LogP contribution >= 0.6 is 11.3 Å². The van der Waals surface area contributed by atoms with Gasteiger partial charge in [-0.15, -0.1) is 11.3 Å². The third-order valence-corrected chi connectivity index (χ3v) is 5.82. The van der Waals surface area contributed by atoms with E-state index in [2.05, 4.69) is 10.3 Å². The number of aryl methyl sites for hydroxylation is 2. The van der Waals surface area contributed by atoms with Gasteiger partial charge in [-0.3, -0.25) is 19.0 Å². The molecular formula is C19H17N3O4S. The number of carbonyl (C=O) groups excluding carboxylic acids is 2. The van der Waals surface area contributed by atoms with Crippen LogP contribution in [-0.2, 0) is 11.3 Å². The maximum Gasteiger partial charge on any atom is 0.265 e. The first-order valence-electron chi connectivity index (χ1n) is 8.45. The van der Waals surface area contributed by atoms with E-state index in [1.54, 1.807) is 25.1 Å². The van der Waals surface area contributed by atoms with Crippen molar-refractivity contribution < 1.29 is 14.3 Å². The minimum atomic E-state index is -0.576. The van der Waals surface area contributed by atoms with Crippen molar-refractivity contribution in [2.75, 3.05) is 5.32 Å². The molecule has 1 aliphatic heterocycles. The predicted molar refractivity (Wildman–Crippen MR) is 103 cm³/mol. The van der Waals surface area contributed by atoms with Crippen molar-refractivity contribution in [2.45, 2.75) is 33.4 Å². The monoisotopic (exact) mass is 383 g/mol. The Bertz CT molecular complexity index is 1160. The van der Waals surface area contributed by atoms with E-state index in [0.717, 1.165) is 10.4 Å². The number of ether oxygens (including phenoxy) is 1. The van der Waals surface area contributed by atoms with Crippen LogP contribution in [-0.4, -0.2) is 27.3 Å². The van der Waals surface area contributed by atoms with Crippen LogP contribution in [0.5, 0.6) is 5.75 Å². The number of thiophene rings is 1. The highest BCUT2D eigenvalue weighted by atomic mass is 32.1. The molecule has 0 spiro atoms. The Morgan fingerprint density at radius 3 is 2.89 bits per heavy atom. The van der Waals surface area contributed by atoms with Crippen LogP contribution < -0.4 is 15.6 Å². The molecule has 0 saturated carbocycles. The topological polar surface area (TPSA) is 90.3 Å². The van der Waals surface area contributed by atoms with Gasteiger partial charge in [0.25, 0.3) is 11.5 Å². The van der Waals surface area contributed by atoms with Gasteiger partial charge in [-0.1, -0.05) is 0 Å². The lowest BCUT2D eigenvalue weighted by molar-refractivity contribution is -0.122. The molecule has 0 radical (unpaired) electrons. The Morgan fingerprint density at radius 1 is 1.33 bits per heavy atom. The van der Waals surface area contributed by atoms with Gasteiger partial charge in [0.2, 0.25) is 0 Å². The number of ketones is 1. The third kappa shape index (κ3) is 2.91. The molecule has 0 saturated heterocycles. The molecule has 8 heteroatoms. The lowest BCUT2D eigenvalue weighted by atomic mass is 10.1. The molecule has 3 heterocycles. The average Bonchev–Trinajstić information content (AvgIpc) is 2.93. The van der Waals surface area contributed by atoms with Crippen LogP contribution in [0.3, 0.4) is 0 Å². The van der Waals surface area contributed by atoms with Gasteiger partial charge in [0.15, 0.2) is 11.9 Å². The van der Waals surface area contributed by atoms with Gasteiger partial charge in [0, 0.05) is 10.4 Å². The smallest absolute Gasteiger partial charge is 0.265 e. The Morgan fingerprint density at radius 2 is 2.11 bits per heavy atom. The van der Waals surface area contributed by atoms with E-state index >= 15 is 0 Å². The highest BCUT2D eigenvalue weighted by molar-refractivity contribution is 7.18. The summed E-state index contributed by atoms with van der Waals surface area (Å²) in [4.78, 5) is 43.2. The van der Waals surface area contributed by atoms with E-state index in [1.807, 2.05) is 13.8 Å². The van der Waals surface area contributed by atoms with Crippen molar-refractivity contribution in [1.82, 2.24) is 9.55 Å². The number of hydrogen-bond acceptors (Lipinski definition) is 6. The fourth-order valence-corrected chi connectivity index (χ4v) is 4.00.